The quantitative estimate of drug-likeness (QED) is 0.320. The van der Waals surface area contributed by atoms with Crippen molar-refractivity contribution in [2.75, 3.05) is 59.4 Å². The van der Waals surface area contributed by atoms with E-state index in [9.17, 15) is 0 Å². The number of fused-ring (bicyclic) bond motifs is 3. The first-order valence-electron chi connectivity index (χ1n) is 10.6. The number of nitrogens with one attached hydrogen (secondary N) is 2. The molecule has 0 saturated carbocycles. The van der Waals surface area contributed by atoms with Gasteiger partial charge in [0, 0.05) is 82.5 Å². The van der Waals surface area contributed by atoms with Gasteiger partial charge in [0.2, 0.25) is 0 Å². The number of nitrogens with zero attached hydrogens (tertiary/aromatic N) is 4. The average molecular weight is 577 g/mol. The van der Waals surface area contributed by atoms with Crippen LogP contribution in [0.5, 0.6) is 0 Å². The van der Waals surface area contributed by atoms with Gasteiger partial charge in [0.25, 0.3) is 0 Å². The van der Waals surface area contributed by atoms with Crippen LogP contribution in [0.1, 0.15) is 18.4 Å². The maximum Gasteiger partial charge on any atom is 0.191 e. The summed E-state index contributed by atoms with van der Waals surface area (Å²) < 4.78 is 1.15. The van der Waals surface area contributed by atoms with E-state index in [1.54, 1.807) is 0 Å². The lowest BCUT2D eigenvalue weighted by molar-refractivity contribution is 0.0154. The van der Waals surface area contributed by atoms with Crippen molar-refractivity contribution < 1.29 is 0 Å². The summed E-state index contributed by atoms with van der Waals surface area (Å²) in [5.41, 5.74) is 1.39. The van der Waals surface area contributed by atoms with Gasteiger partial charge >= 0.3 is 0 Å². The zero-order valence-corrected chi connectivity index (χ0v) is 21.2. The van der Waals surface area contributed by atoms with Crippen molar-refractivity contribution in [3.63, 3.8) is 0 Å². The fourth-order valence-corrected chi connectivity index (χ4v) is 4.87. The summed E-state index contributed by atoms with van der Waals surface area (Å²) in [6.07, 6.45) is 2.33. The van der Waals surface area contributed by atoms with Crippen molar-refractivity contribution in [3.8, 4) is 0 Å². The molecule has 0 spiro atoms. The summed E-state index contributed by atoms with van der Waals surface area (Å²) in [7, 11) is 1.88. The van der Waals surface area contributed by atoms with Gasteiger partial charge in [-0.15, -0.1) is 24.0 Å². The molecule has 2 bridgehead atoms. The topological polar surface area (TPSA) is 46.1 Å². The molecule has 0 radical (unpaired) electrons. The number of hydrogen-bond donors (Lipinski definition) is 2. The highest BCUT2D eigenvalue weighted by molar-refractivity contribution is 14.0. The Balaban J connectivity index is 0.00000240. The minimum Gasteiger partial charge on any atom is -0.355 e. The Hall–Kier alpha value is -0.420. The van der Waals surface area contributed by atoms with E-state index in [-0.39, 0.29) is 24.0 Å². The van der Waals surface area contributed by atoms with Crippen LogP contribution in [0.3, 0.4) is 0 Å². The maximum absolute atomic E-state index is 4.47. The third-order valence-electron chi connectivity index (χ3n) is 6.37. The largest absolute Gasteiger partial charge is 0.355 e. The predicted molar refractivity (Wildman–Crippen MR) is 134 cm³/mol. The lowest BCUT2D eigenvalue weighted by Gasteiger charge is -2.47. The highest BCUT2D eigenvalue weighted by Crippen LogP contribution is 2.17. The second-order valence-electron chi connectivity index (χ2n) is 8.26. The van der Waals surface area contributed by atoms with Crippen molar-refractivity contribution in [1.82, 2.24) is 25.3 Å². The van der Waals surface area contributed by atoms with Crippen LogP contribution in [0.15, 0.2) is 33.7 Å². The normalized spacial score (nSPS) is 28.1. The molecule has 0 aliphatic carbocycles. The Morgan fingerprint density at radius 2 is 1.76 bits per heavy atom. The molecule has 1 aromatic carbocycles. The van der Waals surface area contributed by atoms with Crippen molar-refractivity contribution in [3.05, 3.63) is 34.3 Å². The van der Waals surface area contributed by atoms with Gasteiger partial charge < -0.3 is 10.6 Å². The number of benzene rings is 1. The average Bonchev–Trinajstić information content (AvgIpc) is 2.75. The van der Waals surface area contributed by atoms with Gasteiger partial charge in [-0.2, -0.15) is 0 Å². The minimum absolute atomic E-state index is 0. The van der Waals surface area contributed by atoms with E-state index in [1.165, 1.54) is 51.1 Å². The molecule has 0 amide bonds. The van der Waals surface area contributed by atoms with Gasteiger partial charge in [-0.25, -0.2) is 0 Å². The van der Waals surface area contributed by atoms with E-state index < -0.39 is 0 Å². The molecule has 29 heavy (non-hydrogen) atoms. The van der Waals surface area contributed by atoms with E-state index in [4.69, 9.17) is 0 Å². The minimum atomic E-state index is 0. The summed E-state index contributed by atoms with van der Waals surface area (Å²) >= 11 is 3.51. The van der Waals surface area contributed by atoms with Gasteiger partial charge in [-0.1, -0.05) is 28.1 Å². The van der Waals surface area contributed by atoms with Crippen molar-refractivity contribution in [2.24, 2.45) is 4.99 Å². The summed E-state index contributed by atoms with van der Waals surface area (Å²) in [6, 6.07) is 9.82. The van der Waals surface area contributed by atoms with Crippen LogP contribution < -0.4 is 10.6 Å². The zero-order chi connectivity index (χ0) is 19.3. The molecular formula is C21H34BrIN6. The van der Waals surface area contributed by atoms with Crippen LogP contribution in [0, 0.1) is 0 Å². The Labute approximate surface area is 200 Å². The second-order valence-corrected chi connectivity index (χ2v) is 9.18. The van der Waals surface area contributed by atoms with Gasteiger partial charge in [0.1, 0.15) is 0 Å². The first kappa shape index (κ1) is 23.2. The molecule has 5 rings (SSSR count). The Kier molecular flexibility index (Phi) is 9.03. The summed E-state index contributed by atoms with van der Waals surface area (Å²) in [5.74, 6) is 0.962. The highest BCUT2D eigenvalue weighted by atomic mass is 127. The van der Waals surface area contributed by atoms with Gasteiger partial charge in [0.05, 0.1) is 0 Å². The van der Waals surface area contributed by atoms with Crippen LogP contribution in [0.2, 0.25) is 0 Å². The smallest absolute Gasteiger partial charge is 0.191 e. The first-order chi connectivity index (χ1) is 13.7. The van der Waals surface area contributed by atoms with E-state index >= 15 is 0 Å². The van der Waals surface area contributed by atoms with E-state index in [2.05, 4.69) is 70.5 Å². The van der Waals surface area contributed by atoms with Gasteiger partial charge in [0.15, 0.2) is 5.96 Å². The summed E-state index contributed by atoms with van der Waals surface area (Å²) in [5, 5.41) is 7.24. The van der Waals surface area contributed by atoms with Gasteiger partial charge in [-0.05, 0) is 30.5 Å². The molecule has 4 saturated heterocycles. The number of guanidine groups is 1. The molecule has 2 N–H and O–H groups in total. The molecule has 4 aliphatic heterocycles. The molecule has 4 heterocycles. The van der Waals surface area contributed by atoms with Crippen LogP contribution >= 0.6 is 39.9 Å². The number of aliphatic imine (C=N–C) groups is 1. The van der Waals surface area contributed by atoms with Crippen molar-refractivity contribution >= 4 is 45.9 Å². The van der Waals surface area contributed by atoms with Crippen LogP contribution in [0.4, 0.5) is 0 Å². The Morgan fingerprint density at radius 3 is 2.34 bits per heavy atom. The van der Waals surface area contributed by atoms with E-state index in [0.717, 1.165) is 36.6 Å². The maximum atomic E-state index is 4.47. The van der Waals surface area contributed by atoms with E-state index in [1.807, 2.05) is 7.05 Å². The monoisotopic (exact) mass is 576 g/mol. The fourth-order valence-electron chi connectivity index (χ4n) is 4.60. The molecule has 6 nitrogen and oxygen atoms in total. The summed E-state index contributed by atoms with van der Waals surface area (Å²) in [4.78, 5) is 12.2. The second kappa shape index (κ2) is 11.3. The predicted octanol–water partition coefficient (Wildman–Crippen LogP) is 2.20. The third kappa shape index (κ3) is 6.53. The van der Waals surface area contributed by atoms with Gasteiger partial charge in [-0.3, -0.25) is 19.7 Å². The molecule has 1 atom stereocenters. The number of piperidine rings is 1. The lowest BCUT2D eigenvalue weighted by Crippen LogP contribution is -2.64. The van der Waals surface area contributed by atoms with Crippen molar-refractivity contribution in [1.29, 1.82) is 0 Å². The fraction of sp³-hybridized carbons (Fsp3) is 0.667. The van der Waals surface area contributed by atoms with Crippen LogP contribution in [0.25, 0.3) is 0 Å². The molecule has 1 unspecified atom stereocenters. The zero-order valence-electron chi connectivity index (χ0n) is 17.3. The molecular weight excluding hydrogens is 543 g/mol. The number of likely N-dealkylation sites (tertiary alicyclic amines) is 1. The third-order valence-corrected chi connectivity index (χ3v) is 6.90. The first-order valence-corrected chi connectivity index (χ1v) is 11.4. The molecule has 4 fully saturated rings. The molecule has 1 aromatic rings. The number of halogens is 2. The van der Waals surface area contributed by atoms with Crippen molar-refractivity contribution in [2.45, 2.75) is 31.5 Å². The molecule has 162 valence electrons. The van der Waals surface area contributed by atoms with Crippen LogP contribution in [-0.4, -0.2) is 92.1 Å². The number of hydrogen-bond acceptors (Lipinski definition) is 4. The van der Waals surface area contributed by atoms with Crippen LogP contribution in [-0.2, 0) is 6.54 Å². The standard InChI is InChI=1S/C21H33BrN6.HI/c1-23-21(24-14-20-16-27-10-12-28(20)13-11-27)25-19-6-8-26(9-7-19)15-17-2-4-18(22)5-3-17;/h2-5,19-20H,6-16H2,1H3,(H2,23,24,25);1H. The summed E-state index contributed by atoms with van der Waals surface area (Å²) in [6.45, 7) is 10.4. The SMILES string of the molecule is CN=C(NCC1CN2CCN1CC2)NC1CCN(Cc2ccc(Br)cc2)CC1.I. The lowest BCUT2D eigenvalue weighted by atomic mass is 10.0. The molecule has 4 aliphatic rings. The Bertz CT molecular complexity index is 654. The highest BCUT2D eigenvalue weighted by Gasteiger charge is 2.31. The van der Waals surface area contributed by atoms with E-state index in [0.29, 0.717) is 12.1 Å². The number of piperazine rings is 3. The number of rotatable bonds is 5. The molecule has 8 heteroatoms. The molecule has 0 aromatic heterocycles. The Morgan fingerprint density at radius 1 is 1.07 bits per heavy atom.